The summed E-state index contributed by atoms with van der Waals surface area (Å²) in [5.74, 6) is -0.364. The summed E-state index contributed by atoms with van der Waals surface area (Å²) < 4.78 is 35.6. The van der Waals surface area contributed by atoms with Gasteiger partial charge >= 0.3 is 0 Å². The maximum absolute atomic E-state index is 13.5. The van der Waals surface area contributed by atoms with Gasteiger partial charge in [-0.05, 0) is 43.2 Å². The van der Waals surface area contributed by atoms with E-state index < -0.39 is 10.0 Å². The van der Waals surface area contributed by atoms with E-state index in [0.717, 1.165) is 31.4 Å². The highest BCUT2D eigenvalue weighted by atomic mass is 32.2. The Bertz CT molecular complexity index is 1490. The molecule has 39 heavy (non-hydrogen) atoms. The molecule has 10 heteroatoms. The Hall–Kier alpha value is -3.78. The first kappa shape index (κ1) is 26.8. The van der Waals surface area contributed by atoms with Gasteiger partial charge in [0.05, 0.1) is 23.8 Å². The van der Waals surface area contributed by atoms with Gasteiger partial charge in [-0.3, -0.25) is 4.79 Å². The van der Waals surface area contributed by atoms with E-state index in [4.69, 9.17) is 9.84 Å². The van der Waals surface area contributed by atoms with Gasteiger partial charge in [0.2, 0.25) is 10.0 Å². The summed E-state index contributed by atoms with van der Waals surface area (Å²) in [6.07, 6.45) is 7.05. The number of carbonyl (C=O) groups excluding carboxylic acids is 1. The van der Waals surface area contributed by atoms with Crippen molar-refractivity contribution < 1.29 is 17.9 Å². The highest BCUT2D eigenvalue weighted by molar-refractivity contribution is 7.89. The Balaban J connectivity index is 1.57. The van der Waals surface area contributed by atoms with Gasteiger partial charge in [-0.15, -0.1) is 0 Å². The molecule has 0 bridgehead atoms. The van der Waals surface area contributed by atoms with Gasteiger partial charge in [0, 0.05) is 43.5 Å². The van der Waals surface area contributed by atoms with Crippen molar-refractivity contribution in [1.82, 2.24) is 19.0 Å². The SMILES string of the molecule is N#C/C(=C\c1cn(-c2ccccc2)nc1-c1cccc(S(=O)(=O)N2CCCCCC2)c1)C(=O)N1CCOCC1. The van der Waals surface area contributed by atoms with Crippen LogP contribution in [0.25, 0.3) is 23.0 Å². The molecule has 2 aliphatic rings. The maximum Gasteiger partial charge on any atom is 0.264 e. The van der Waals surface area contributed by atoms with Crippen LogP contribution in [0.1, 0.15) is 31.2 Å². The molecule has 1 aromatic heterocycles. The summed E-state index contributed by atoms with van der Waals surface area (Å²) in [6.45, 7) is 2.73. The minimum atomic E-state index is -3.67. The largest absolute Gasteiger partial charge is 0.378 e. The third kappa shape index (κ3) is 5.96. The first-order chi connectivity index (χ1) is 19.0. The van der Waals surface area contributed by atoms with Gasteiger partial charge < -0.3 is 9.64 Å². The fourth-order valence-corrected chi connectivity index (χ4v) is 6.46. The standard InChI is InChI=1S/C29H31N5O4S/c30-21-24(29(35)32-15-17-38-18-16-32)19-25-22-34(26-10-4-3-5-11-26)31-28(25)23-9-8-12-27(20-23)39(36,37)33-13-6-1-2-7-14-33/h3-5,8-12,19-20,22H,1-2,6-7,13-18H2/b24-19+. The topological polar surface area (TPSA) is 109 Å². The second-order valence-corrected chi connectivity index (χ2v) is 11.6. The molecule has 0 aliphatic carbocycles. The number of carbonyl (C=O) groups is 1. The maximum atomic E-state index is 13.5. The van der Waals surface area contributed by atoms with Crippen LogP contribution in [0.3, 0.4) is 0 Å². The number of hydrogen-bond acceptors (Lipinski definition) is 6. The van der Waals surface area contributed by atoms with Gasteiger partial charge in [-0.1, -0.05) is 43.2 Å². The smallest absolute Gasteiger partial charge is 0.264 e. The first-order valence-corrected chi connectivity index (χ1v) is 14.7. The van der Waals surface area contributed by atoms with E-state index in [1.54, 1.807) is 44.3 Å². The lowest BCUT2D eigenvalue weighted by Crippen LogP contribution is -2.41. The summed E-state index contributed by atoms with van der Waals surface area (Å²) in [5.41, 5.74) is 2.39. The van der Waals surface area contributed by atoms with Crippen LogP contribution in [-0.2, 0) is 19.6 Å². The summed E-state index contributed by atoms with van der Waals surface area (Å²) in [5, 5.41) is 14.7. The summed E-state index contributed by atoms with van der Waals surface area (Å²) in [4.78, 5) is 14.9. The van der Waals surface area contributed by atoms with E-state index in [1.807, 2.05) is 36.4 Å². The van der Waals surface area contributed by atoms with Gasteiger partial charge in [0.1, 0.15) is 17.3 Å². The Morgan fingerprint density at radius 1 is 0.949 bits per heavy atom. The van der Waals surface area contributed by atoms with Crippen LogP contribution >= 0.6 is 0 Å². The van der Waals surface area contributed by atoms with Crippen molar-refractivity contribution in [3.05, 3.63) is 71.9 Å². The number of nitrogens with zero attached hydrogens (tertiary/aromatic N) is 5. The molecule has 9 nitrogen and oxygen atoms in total. The average Bonchev–Trinajstić information content (AvgIpc) is 3.20. The van der Waals surface area contributed by atoms with Crippen molar-refractivity contribution in [2.45, 2.75) is 30.6 Å². The van der Waals surface area contributed by atoms with Crippen LogP contribution < -0.4 is 0 Å². The molecule has 202 valence electrons. The van der Waals surface area contributed by atoms with E-state index in [2.05, 4.69) is 0 Å². The van der Waals surface area contributed by atoms with Crippen LogP contribution in [0.2, 0.25) is 0 Å². The summed E-state index contributed by atoms with van der Waals surface area (Å²) in [6, 6.07) is 18.3. The van der Waals surface area contributed by atoms with E-state index in [-0.39, 0.29) is 16.4 Å². The zero-order valence-electron chi connectivity index (χ0n) is 21.7. The van der Waals surface area contributed by atoms with Gasteiger partial charge in [0.15, 0.2) is 0 Å². The quantitative estimate of drug-likeness (QED) is 0.344. The van der Waals surface area contributed by atoms with Crippen LogP contribution in [0.4, 0.5) is 0 Å². The molecule has 3 heterocycles. The van der Waals surface area contributed by atoms with Crippen LogP contribution in [0.15, 0.2) is 71.3 Å². The Kier molecular flexibility index (Phi) is 8.21. The van der Waals surface area contributed by atoms with Crippen molar-refractivity contribution >= 4 is 22.0 Å². The molecular weight excluding hydrogens is 514 g/mol. The van der Waals surface area contributed by atoms with Crippen molar-refractivity contribution in [3.63, 3.8) is 0 Å². The van der Waals surface area contributed by atoms with Crippen molar-refractivity contribution in [2.75, 3.05) is 39.4 Å². The monoisotopic (exact) mass is 545 g/mol. The van der Waals surface area contributed by atoms with Crippen molar-refractivity contribution in [1.29, 1.82) is 5.26 Å². The molecule has 3 aromatic rings. The molecule has 0 unspecified atom stereocenters. The molecule has 2 saturated heterocycles. The number of sulfonamides is 1. The zero-order valence-corrected chi connectivity index (χ0v) is 22.5. The molecule has 1 amide bonds. The van der Waals surface area contributed by atoms with Crippen LogP contribution in [-0.4, -0.2) is 72.7 Å². The van der Waals surface area contributed by atoms with Crippen molar-refractivity contribution in [2.24, 2.45) is 0 Å². The number of aromatic nitrogens is 2. The predicted octanol–water partition coefficient (Wildman–Crippen LogP) is 3.87. The molecule has 2 aromatic carbocycles. The first-order valence-electron chi connectivity index (χ1n) is 13.2. The number of ether oxygens (including phenoxy) is 1. The minimum absolute atomic E-state index is 0.0147. The number of benzene rings is 2. The van der Waals surface area contributed by atoms with Gasteiger partial charge in [-0.25, -0.2) is 13.1 Å². The number of morpholine rings is 1. The fraction of sp³-hybridized carbons (Fsp3) is 0.345. The highest BCUT2D eigenvalue weighted by Crippen LogP contribution is 2.29. The van der Waals surface area contributed by atoms with E-state index in [0.29, 0.717) is 56.2 Å². The number of para-hydroxylation sites is 1. The molecule has 0 spiro atoms. The number of nitriles is 1. The lowest BCUT2D eigenvalue weighted by Gasteiger charge is -2.26. The molecular formula is C29H31N5O4S. The number of amides is 1. The molecule has 2 fully saturated rings. The van der Waals surface area contributed by atoms with E-state index in [9.17, 15) is 18.5 Å². The van der Waals surface area contributed by atoms with Gasteiger partial charge in [0.25, 0.3) is 5.91 Å². The highest BCUT2D eigenvalue weighted by Gasteiger charge is 2.26. The van der Waals surface area contributed by atoms with E-state index >= 15 is 0 Å². The lowest BCUT2D eigenvalue weighted by molar-refractivity contribution is -0.130. The molecule has 0 atom stereocenters. The molecule has 0 N–H and O–H groups in total. The van der Waals surface area contributed by atoms with Crippen LogP contribution in [0.5, 0.6) is 0 Å². The van der Waals surface area contributed by atoms with Gasteiger partial charge in [-0.2, -0.15) is 14.7 Å². The molecule has 5 rings (SSSR count). The minimum Gasteiger partial charge on any atom is -0.378 e. The summed E-state index contributed by atoms with van der Waals surface area (Å²) in [7, 11) is -3.67. The van der Waals surface area contributed by atoms with E-state index in [1.165, 1.54) is 6.08 Å². The third-order valence-corrected chi connectivity index (χ3v) is 8.92. The number of hydrogen-bond donors (Lipinski definition) is 0. The predicted molar refractivity (Wildman–Crippen MR) is 147 cm³/mol. The lowest BCUT2D eigenvalue weighted by atomic mass is 10.1. The Morgan fingerprint density at radius 3 is 2.36 bits per heavy atom. The molecule has 0 saturated carbocycles. The fourth-order valence-electron chi connectivity index (χ4n) is 4.90. The Morgan fingerprint density at radius 2 is 1.67 bits per heavy atom. The second-order valence-electron chi connectivity index (χ2n) is 9.63. The summed E-state index contributed by atoms with van der Waals surface area (Å²) >= 11 is 0. The zero-order chi connectivity index (χ0) is 27.2. The third-order valence-electron chi connectivity index (χ3n) is 7.02. The van der Waals surface area contributed by atoms with Crippen molar-refractivity contribution in [3.8, 4) is 23.0 Å². The Labute approximate surface area is 229 Å². The average molecular weight is 546 g/mol. The second kappa shape index (κ2) is 11.9. The molecule has 0 radical (unpaired) electrons. The van der Waals surface area contributed by atoms with Crippen LogP contribution in [0, 0.1) is 11.3 Å². The molecule has 2 aliphatic heterocycles. The normalized spacial score (nSPS) is 17.4. The number of rotatable bonds is 6.